The highest BCUT2D eigenvalue weighted by atomic mass is 16.2. The molecule has 1 aliphatic rings. The summed E-state index contributed by atoms with van der Waals surface area (Å²) in [5, 5.41) is 0. The third-order valence-corrected chi connectivity index (χ3v) is 3.42. The molecule has 1 aliphatic heterocycles. The van der Waals surface area contributed by atoms with E-state index in [4.69, 9.17) is 5.73 Å². The van der Waals surface area contributed by atoms with Crippen LogP contribution in [0.15, 0.2) is 18.2 Å². The standard InChI is InChI=1S/C14H18N2O2/c1-8(2)12(7-15)16-13(17)10-5-4-9(3)6-11(10)14(16)18/h4-6,8,12H,7,15H2,1-3H3. The van der Waals surface area contributed by atoms with Gasteiger partial charge >= 0.3 is 0 Å². The number of aryl methyl sites for hydroxylation is 1. The summed E-state index contributed by atoms with van der Waals surface area (Å²) in [4.78, 5) is 25.9. The molecule has 1 heterocycles. The summed E-state index contributed by atoms with van der Waals surface area (Å²) < 4.78 is 0. The summed E-state index contributed by atoms with van der Waals surface area (Å²) in [7, 11) is 0. The summed E-state index contributed by atoms with van der Waals surface area (Å²) in [6, 6.07) is 5.10. The van der Waals surface area contributed by atoms with E-state index in [1.54, 1.807) is 12.1 Å². The lowest BCUT2D eigenvalue weighted by Gasteiger charge is -2.28. The molecule has 1 aromatic carbocycles. The average molecular weight is 246 g/mol. The minimum absolute atomic E-state index is 0.151. The molecule has 0 aliphatic carbocycles. The number of imide groups is 1. The maximum atomic E-state index is 12.3. The van der Waals surface area contributed by atoms with Gasteiger partial charge in [-0.1, -0.05) is 25.5 Å². The van der Waals surface area contributed by atoms with Crippen molar-refractivity contribution in [3.8, 4) is 0 Å². The molecule has 0 aromatic heterocycles. The molecule has 1 unspecified atom stereocenters. The van der Waals surface area contributed by atoms with Gasteiger partial charge in [0.15, 0.2) is 0 Å². The van der Waals surface area contributed by atoms with Crippen LogP contribution in [-0.2, 0) is 0 Å². The molecule has 96 valence electrons. The second kappa shape index (κ2) is 4.53. The quantitative estimate of drug-likeness (QED) is 0.823. The molecule has 0 bridgehead atoms. The van der Waals surface area contributed by atoms with Gasteiger partial charge in [0.05, 0.1) is 17.2 Å². The van der Waals surface area contributed by atoms with Gasteiger partial charge in [-0.2, -0.15) is 0 Å². The van der Waals surface area contributed by atoms with E-state index >= 15 is 0 Å². The number of hydrogen-bond acceptors (Lipinski definition) is 3. The van der Waals surface area contributed by atoms with Crippen molar-refractivity contribution in [3.05, 3.63) is 34.9 Å². The zero-order valence-corrected chi connectivity index (χ0v) is 10.9. The lowest BCUT2D eigenvalue weighted by Crippen LogP contribution is -2.47. The molecule has 1 atom stereocenters. The van der Waals surface area contributed by atoms with Gasteiger partial charge in [-0.25, -0.2) is 0 Å². The van der Waals surface area contributed by atoms with Gasteiger partial charge < -0.3 is 5.73 Å². The fourth-order valence-corrected chi connectivity index (χ4v) is 2.35. The van der Waals surface area contributed by atoms with Gasteiger partial charge in [0, 0.05) is 6.54 Å². The SMILES string of the molecule is Cc1ccc2c(c1)C(=O)N(C(CN)C(C)C)C2=O. The van der Waals surface area contributed by atoms with Gasteiger partial charge in [0.25, 0.3) is 11.8 Å². The Morgan fingerprint density at radius 2 is 1.78 bits per heavy atom. The molecular weight excluding hydrogens is 228 g/mol. The Morgan fingerprint density at radius 1 is 1.17 bits per heavy atom. The zero-order chi connectivity index (χ0) is 13.4. The molecule has 2 rings (SSSR count). The minimum Gasteiger partial charge on any atom is -0.328 e. The van der Waals surface area contributed by atoms with E-state index in [-0.39, 0.29) is 23.8 Å². The van der Waals surface area contributed by atoms with E-state index < -0.39 is 0 Å². The summed E-state index contributed by atoms with van der Waals surface area (Å²) in [6.45, 7) is 6.13. The topological polar surface area (TPSA) is 63.4 Å². The molecule has 0 saturated carbocycles. The van der Waals surface area contributed by atoms with Gasteiger partial charge in [-0.05, 0) is 25.0 Å². The third-order valence-electron chi connectivity index (χ3n) is 3.42. The first-order chi connectivity index (χ1) is 8.47. The fraction of sp³-hybridized carbons (Fsp3) is 0.429. The number of amides is 2. The first-order valence-electron chi connectivity index (χ1n) is 6.16. The van der Waals surface area contributed by atoms with Crippen LogP contribution in [0.25, 0.3) is 0 Å². The Hall–Kier alpha value is -1.68. The van der Waals surface area contributed by atoms with E-state index in [1.807, 2.05) is 26.8 Å². The Balaban J connectivity index is 2.45. The number of fused-ring (bicyclic) bond motifs is 1. The summed E-state index contributed by atoms with van der Waals surface area (Å²) in [5.74, 6) is -0.291. The highest BCUT2D eigenvalue weighted by Crippen LogP contribution is 2.27. The van der Waals surface area contributed by atoms with Crippen LogP contribution in [0.2, 0.25) is 0 Å². The first kappa shape index (κ1) is 12.8. The zero-order valence-electron chi connectivity index (χ0n) is 10.9. The largest absolute Gasteiger partial charge is 0.328 e. The number of nitrogens with zero attached hydrogens (tertiary/aromatic N) is 1. The number of hydrogen-bond donors (Lipinski definition) is 1. The van der Waals surface area contributed by atoms with Crippen LogP contribution < -0.4 is 5.73 Å². The Kier molecular flexibility index (Phi) is 3.22. The number of benzene rings is 1. The van der Waals surface area contributed by atoms with E-state index in [1.165, 1.54) is 4.90 Å². The van der Waals surface area contributed by atoms with Crippen molar-refractivity contribution in [1.82, 2.24) is 4.90 Å². The van der Waals surface area contributed by atoms with E-state index in [9.17, 15) is 9.59 Å². The highest BCUT2D eigenvalue weighted by molar-refractivity contribution is 6.21. The Labute approximate surface area is 107 Å². The summed E-state index contributed by atoms with van der Waals surface area (Å²) in [5.41, 5.74) is 7.66. The van der Waals surface area contributed by atoms with Crippen LogP contribution in [0.1, 0.15) is 40.1 Å². The van der Waals surface area contributed by atoms with Gasteiger partial charge in [0.1, 0.15) is 0 Å². The number of carbonyl (C=O) groups excluding carboxylic acids is 2. The summed E-state index contributed by atoms with van der Waals surface area (Å²) in [6.07, 6.45) is 0. The average Bonchev–Trinajstić information content (AvgIpc) is 2.55. The van der Waals surface area contributed by atoms with Crippen molar-refractivity contribution >= 4 is 11.8 Å². The monoisotopic (exact) mass is 246 g/mol. The van der Waals surface area contributed by atoms with Crippen LogP contribution >= 0.6 is 0 Å². The van der Waals surface area contributed by atoms with Crippen LogP contribution in [0.4, 0.5) is 0 Å². The van der Waals surface area contributed by atoms with Crippen molar-refractivity contribution in [3.63, 3.8) is 0 Å². The fourth-order valence-electron chi connectivity index (χ4n) is 2.35. The van der Waals surface area contributed by atoms with Gasteiger partial charge in [-0.15, -0.1) is 0 Å². The van der Waals surface area contributed by atoms with Crippen molar-refractivity contribution in [2.45, 2.75) is 26.8 Å². The lowest BCUT2D eigenvalue weighted by atomic mass is 10.0. The first-order valence-corrected chi connectivity index (χ1v) is 6.16. The molecular formula is C14H18N2O2. The smallest absolute Gasteiger partial charge is 0.261 e. The minimum atomic E-state index is -0.238. The lowest BCUT2D eigenvalue weighted by molar-refractivity contribution is 0.0548. The normalized spacial score (nSPS) is 16.4. The molecule has 0 radical (unpaired) electrons. The second-order valence-electron chi connectivity index (χ2n) is 5.08. The highest BCUT2D eigenvalue weighted by Gasteiger charge is 2.40. The second-order valence-corrected chi connectivity index (χ2v) is 5.08. The predicted octanol–water partition coefficient (Wildman–Crippen LogP) is 1.57. The van der Waals surface area contributed by atoms with Crippen molar-refractivity contribution in [1.29, 1.82) is 0 Å². The molecule has 4 nitrogen and oxygen atoms in total. The maximum Gasteiger partial charge on any atom is 0.261 e. The molecule has 0 spiro atoms. The van der Waals surface area contributed by atoms with E-state index in [2.05, 4.69) is 0 Å². The van der Waals surface area contributed by atoms with Crippen LogP contribution in [0.3, 0.4) is 0 Å². The summed E-state index contributed by atoms with van der Waals surface area (Å²) >= 11 is 0. The van der Waals surface area contributed by atoms with E-state index in [0.29, 0.717) is 17.7 Å². The molecule has 18 heavy (non-hydrogen) atoms. The molecule has 2 amide bonds. The third kappa shape index (κ3) is 1.82. The van der Waals surface area contributed by atoms with Crippen molar-refractivity contribution in [2.75, 3.05) is 6.54 Å². The van der Waals surface area contributed by atoms with Crippen LogP contribution in [0.5, 0.6) is 0 Å². The van der Waals surface area contributed by atoms with Gasteiger partial charge in [-0.3, -0.25) is 14.5 Å². The molecule has 0 saturated heterocycles. The molecule has 4 heteroatoms. The van der Waals surface area contributed by atoms with Gasteiger partial charge in [0.2, 0.25) is 0 Å². The predicted molar refractivity (Wildman–Crippen MR) is 69.4 cm³/mol. The molecule has 0 fully saturated rings. The number of nitrogens with two attached hydrogens (primary N) is 1. The van der Waals surface area contributed by atoms with Crippen molar-refractivity contribution < 1.29 is 9.59 Å². The molecule has 2 N–H and O–H groups in total. The van der Waals surface area contributed by atoms with Crippen LogP contribution in [-0.4, -0.2) is 29.3 Å². The molecule has 1 aromatic rings. The Morgan fingerprint density at radius 3 is 2.33 bits per heavy atom. The number of carbonyl (C=O) groups is 2. The maximum absolute atomic E-state index is 12.3. The van der Waals surface area contributed by atoms with Crippen molar-refractivity contribution in [2.24, 2.45) is 11.7 Å². The Bertz CT molecular complexity index is 509. The van der Waals surface area contributed by atoms with Crippen LogP contribution in [0, 0.1) is 12.8 Å². The number of rotatable bonds is 3. The van der Waals surface area contributed by atoms with E-state index in [0.717, 1.165) is 5.56 Å².